The first kappa shape index (κ1) is 8.68. The third kappa shape index (κ3) is 1.87. The van der Waals surface area contributed by atoms with Gasteiger partial charge in [-0.1, -0.05) is 19.1 Å². The fourth-order valence-corrected chi connectivity index (χ4v) is 1.11. The Kier molecular flexibility index (Phi) is 2.40. The van der Waals surface area contributed by atoms with Gasteiger partial charge in [-0.15, -0.1) is 0 Å². The molecule has 5 heteroatoms. The van der Waals surface area contributed by atoms with Crippen LogP contribution in [0.3, 0.4) is 0 Å². The van der Waals surface area contributed by atoms with Crippen LogP contribution in [0.25, 0.3) is 0 Å². The van der Waals surface area contributed by atoms with Crippen molar-refractivity contribution in [3.05, 3.63) is 29.8 Å². The van der Waals surface area contributed by atoms with E-state index in [4.69, 9.17) is 4.74 Å². The van der Waals surface area contributed by atoms with Gasteiger partial charge < -0.3 is 4.74 Å². The summed E-state index contributed by atoms with van der Waals surface area (Å²) in [6.45, 7) is 2.08. The first-order valence-electron chi connectivity index (χ1n) is 4.34. The van der Waals surface area contributed by atoms with Crippen LogP contribution in [0.4, 0.5) is 0 Å². The van der Waals surface area contributed by atoms with Crippen molar-refractivity contribution < 1.29 is 4.74 Å². The number of hydrogen-bond acceptors (Lipinski definition) is 4. The van der Waals surface area contributed by atoms with Gasteiger partial charge in [-0.25, -0.2) is 5.10 Å². The number of benzene rings is 1. The lowest BCUT2D eigenvalue weighted by atomic mass is 10.2. The second kappa shape index (κ2) is 3.87. The van der Waals surface area contributed by atoms with Gasteiger partial charge in [0.2, 0.25) is 0 Å². The van der Waals surface area contributed by atoms with Gasteiger partial charge in [0.25, 0.3) is 0 Å². The van der Waals surface area contributed by atoms with Crippen LogP contribution < -0.4 is 9.84 Å². The van der Waals surface area contributed by atoms with E-state index in [0.717, 1.165) is 6.42 Å². The molecule has 0 saturated carbocycles. The second-order valence-electron chi connectivity index (χ2n) is 2.76. The van der Waals surface area contributed by atoms with Gasteiger partial charge in [0.15, 0.2) is 6.01 Å². The van der Waals surface area contributed by atoms with Crippen LogP contribution in [0.2, 0.25) is 0 Å². The van der Waals surface area contributed by atoms with Crippen LogP contribution in [-0.2, 0) is 6.42 Å². The summed E-state index contributed by atoms with van der Waals surface area (Å²) in [4.78, 5) is 0. The van der Waals surface area contributed by atoms with Crippen molar-refractivity contribution in [1.82, 2.24) is 20.6 Å². The van der Waals surface area contributed by atoms with Crippen LogP contribution in [0.5, 0.6) is 11.8 Å². The molecule has 0 aliphatic heterocycles. The van der Waals surface area contributed by atoms with E-state index in [2.05, 4.69) is 27.5 Å². The lowest BCUT2D eigenvalue weighted by Gasteiger charge is -2.05. The molecule has 0 bridgehead atoms. The highest BCUT2D eigenvalue weighted by molar-refractivity contribution is 5.29. The highest BCUT2D eigenvalue weighted by Gasteiger charge is 1.95. The summed E-state index contributed by atoms with van der Waals surface area (Å²) >= 11 is 0. The first-order chi connectivity index (χ1) is 6.88. The molecule has 2 aromatic rings. The maximum absolute atomic E-state index is 5.31. The third-order valence-electron chi connectivity index (χ3n) is 1.82. The van der Waals surface area contributed by atoms with Gasteiger partial charge >= 0.3 is 0 Å². The van der Waals surface area contributed by atoms with E-state index in [-0.39, 0.29) is 6.01 Å². The highest BCUT2D eigenvalue weighted by Crippen LogP contribution is 2.17. The lowest BCUT2D eigenvalue weighted by molar-refractivity contribution is 0.439. The Morgan fingerprint density at radius 3 is 3.07 bits per heavy atom. The normalized spacial score (nSPS) is 10.1. The molecular weight excluding hydrogens is 180 g/mol. The number of rotatable bonds is 3. The summed E-state index contributed by atoms with van der Waals surface area (Å²) in [5.41, 5.74) is 1.20. The Morgan fingerprint density at radius 2 is 2.36 bits per heavy atom. The first-order valence-corrected chi connectivity index (χ1v) is 4.34. The fourth-order valence-electron chi connectivity index (χ4n) is 1.11. The summed E-state index contributed by atoms with van der Waals surface area (Å²) < 4.78 is 5.31. The number of aryl methyl sites for hydroxylation is 1. The average Bonchev–Trinajstić information content (AvgIpc) is 2.71. The maximum Gasteiger partial charge on any atom is 0.194 e. The molecule has 0 fully saturated rings. The zero-order chi connectivity index (χ0) is 9.80. The molecule has 0 radical (unpaired) electrons. The molecular formula is C9H9N4O-. The molecule has 0 unspecified atom stereocenters. The molecule has 0 aliphatic rings. The smallest absolute Gasteiger partial charge is 0.194 e. The zero-order valence-electron chi connectivity index (χ0n) is 7.71. The molecule has 0 spiro atoms. The van der Waals surface area contributed by atoms with Crippen molar-refractivity contribution in [3.8, 4) is 11.8 Å². The van der Waals surface area contributed by atoms with E-state index in [1.165, 1.54) is 5.56 Å². The van der Waals surface area contributed by atoms with Gasteiger partial charge in [0.05, 0.1) is 0 Å². The predicted molar refractivity (Wildman–Crippen MR) is 49.0 cm³/mol. The van der Waals surface area contributed by atoms with Crippen LogP contribution in [0, 0.1) is 0 Å². The summed E-state index contributed by atoms with van der Waals surface area (Å²) in [6.07, 6.45) is 0.968. The Hall–Kier alpha value is -1.91. The summed E-state index contributed by atoms with van der Waals surface area (Å²) in [5, 5.41) is 13.8. The third-order valence-corrected chi connectivity index (χ3v) is 1.82. The summed E-state index contributed by atoms with van der Waals surface area (Å²) in [6, 6.07) is 7.93. The highest BCUT2D eigenvalue weighted by atomic mass is 16.5. The lowest BCUT2D eigenvalue weighted by Crippen LogP contribution is -1.89. The maximum atomic E-state index is 5.31. The van der Waals surface area contributed by atoms with E-state index in [1.807, 2.05) is 24.3 Å². The molecule has 0 aliphatic carbocycles. The minimum Gasteiger partial charge on any atom is -0.449 e. The quantitative estimate of drug-likeness (QED) is 0.725. The monoisotopic (exact) mass is 189 g/mol. The molecule has 5 nitrogen and oxygen atoms in total. The Balaban J connectivity index is 2.17. The van der Waals surface area contributed by atoms with Crippen molar-refractivity contribution in [2.45, 2.75) is 13.3 Å². The molecule has 1 aromatic heterocycles. The molecule has 1 aromatic carbocycles. The van der Waals surface area contributed by atoms with Crippen molar-refractivity contribution in [2.75, 3.05) is 0 Å². The minimum absolute atomic E-state index is 0.179. The SMILES string of the molecule is CCc1cccc(Oc2nnn[n-]2)c1. The van der Waals surface area contributed by atoms with Gasteiger partial charge in [-0.05, 0) is 24.1 Å². The van der Waals surface area contributed by atoms with Gasteiger partial charge in [-0.3, -0.25) is 10.3 Å². The van der Waals surface area contributed by atoms with E-state index in [9.17, 15) is 0 Å². The second-order valence-corrected chi connectivity index (χ2v) is 2.76. The number of aromatic nitrogens is 4. The molecule has 2 rings (SSSR count). The number of hydrogen-bond donors (Lipinski definition) is 0. The van der Waals surface area contributed by atoms with Crippen molar-refractivity contribution in [2.24, 2.45) is 0 Å². The van der Waals surface area contributed by atoms with E-state index >= 15 is 0 Å². The Labute approximate surface area is 81.1 Å². The number of tetrazole rings is 1. The average molecular weight is 189 g/mol. The standard InChI is InChI=1S/C9H9N4O/c1-2-7-4-3-5-8(6-7)14-9-10-12-13-11-9/h3-6H,2H2,1H3/q-1. The van der Waals surface area contributed by atoms with Gasteiger partial charge in [-0.2, -0.15) is 5.21 Å². The Bertz CT molecular complexity index is 399. The molecule has 14 heavy (non-hydrogen) atoms. The molecule has 1 heterocycles. The topological polar surface area (TPSA) is 62.0 Å². The molecule has 0 N–H and O–H groups in total. The fraction of sp³-hybridized carbons (Fsp3) is 0.222. The van der Waals surface area contributed by atoms with Crippen LogP contribution in [0.1, 0.15) is 12.5 Å². The van der Waals surface area contributed by atoms with Crippen LogP contribution >= 0.6 is 0 Å². The van der Waals surface area contributed by atoms with Crippen LogP contribution in [-0.4, -0.2) is 15.5 Å². The molecule has 0 saturated heterocycles. The van der Waals surface area contributed by atoms with E-state index in [0.29, 0.717) is 5.75 Å². The largest absolute Gasteiger partial charge is 0.449 e. The van der Waals surface area contributed by atoms with E-state index in [1.54, 1.807) is 0 Å². The van der Waals surface area contributed by atoms with Crippen molar-refractivity contribution in [1.29, 1.82) is 0 Å². The molecule has 0 atom stereocenters. The zero-order valence-corrected chi connectivity index (χ0v) is 7.71. The predicted octanol–water partition coefficient (Wildman–Crippen LogP) is 1.18. The van der Waals surface area contributed by atoms with Gasteiger partial charge in [0.1, 0.15) is 5.75 Å². The van der Waals surface area contributed by atoms with Crippen molar-refractivity contribution >= 4 is 0 Å². The minimum atomic E-state index is 0.179. The van der Waals surface area contributed by atoms with Crippen molar-refractivity contribution in [3.63, 3.8) is 0 Å². The van der Waals surface area contributed by atoms with Crippen LogP contribution in [0.15, 0.2) is 24.3 Å². The van der Waals surface area contributed by atoms with Gasteiger partial charge in [0, 0.05) is 0 Å². The summed E-state index contributed by atoms with van der Waals surface area (Å²) in [7, 11) is 0. The summed E-state index contributed by atoms with van der Waals surface area (Å²) in [5.74, 6) is 0.708. The number of nitrogens with zero attached hydrogens (tertiary/aromatic N) is 4. The molecule has 72 valence electrons. The van der Waals surface area contributed by atoms with E-state index < -0.39 is 0 Å². The molecule has 0 amide bonds. The number of ether oxygens (including phenoxy) is 1. The Morgan fingerprint density at radius 1 is 1.43 bits per heavy atom.